The zero-order chi connectivity index (χ0) is 20.1. The van der Waals surface area contributed by atoms with Gasteiger partial charge in [-0.3, -0.25) is 23.7 Å². The van der Waals surface area contributed by atoms with Gasteiger partial charge in [0.25, 0.3) is 0 Å². The van der Waals surface area contributed by atoms with E-state index >= 15 is 0 Å². The molecule has 3 aromatic rings. The Labute approximate surface area is 175 Å². The van der Waals surface area contributed by atoms with Crippen molar-refractivity contribution in [1.29, 1.82) is 0 Å². The van der Waals surface area contributed by atoms with Gasteiger partial charge in [0, 0.05) is 32.5 Å². The molecule has 1 radical (unpaired) electrons. The average Bonchev–Trinajstić information content (AvgIpc) is 3.09. The molecule has 0 N–H and O–H groups in total. The number of hydrogen-bond acceptors (Lipinski definition) is 5. The third-order valence-corrected chi connectivity index (χ3v) is 3.07. The Morgan fingerprint density at radius 3 is 2.10 bits per heavy atom. The molecule has 29 heavy (non-hydrogen) atoms. The Balaban J connectivity index is 0.000000200. The summed E-state index contributed by atoms with van der Waals surface area (Å²) in [6.07, 6.45) is 4.34. The van der Waals surface area contributed by atoms with Gasteiger partial charge in [-0.2, -0.15) is 0 Å². The summed E-state index contributed by atoms with van der Waals surface area (Å²) in [5.74, 6) is -3.62. The Morgan fingerprint density at radius 2 is 1.55 bits per heavy atom. The van der Waals surface area contributed by atoms with Crippen LogP contribution in [0.3, 0.4) is 0 Å². The predicted octanol–water partition coefficient (Wildman–Crippen LogP) is 2.19. The minimum Gasteiger partial charge on any atom is -0.319 e. The first-order valence-electron chi connectivity index (χ1n) is 7.52. The van der Waals surface area contributed by atoms with Gasteiger partial charge in [-0.25, -0.2) is 8.78 Å². The molecule has 0 aliphatic carbocycles. The SMILES string of the molecule is C[N+]1=C=[N+](c2[c-]cc(F)nc2F)N=C1.Fc1c[c-]c(-c2ncccn2)c(F)n1.[Ir]. The molecule has 1 aliphatic rings. The summed E-state index contributed by atoms with van der Waals surface area (Å²) < 4.78 is 53.6. The van der Waals surface area contributed by atoms with Crippen molar-refractivity contribution in [2.24, 2.45) is 5.10 Å². The topological polar surface area (TPSA) is 69.9 Å². The van der Waals surface area contributed by atoms with Crippen molar-refractivity contribution in [3.63, 3.8) is 0 Å². The van der Waals surface area contributed by atoms with E-state index in [-0.39, 0.29) is 37.2 Å². The normalized spacial score (nSPS) is 11.8. The van der Waals surface area contributed by atoms with Crippen LogP contribution in [0, 0.1) is 35.9 Å². The van der Waals surface area contributed by atoms with E-state index in [1.54, 1.807) is 13.1 Å². The number of nitrogens with zero attached hydrogens (tertiary/aromatic N) is 7. The first-order valence-corrected chi connectivity index (χ1v) is 7.52. The van der Waals surface area contributed by atoms with Gasteiger partial charge in [0.1, 0.15) is 18.9 Å². The third-order valence-electron chi connectivity index (χ3n) is 3.07. The van der Waals surface area contributed by atoms with Crippen molar-refractivity contribution >= 4 is 18.0 Å². The zero-order valence-electron chi connectivity index (χ0n) is 14.4. The predicted molar refractivity (Wildman–Crippen MR) is 86.6 cm³/mol. The van der Waals surface area contributed by atoms with E-state index < -0.39 is 23.8 Å². The summed E-state index contributed by atoms with van der Waals surface area (Å²) in [5.41, 5.74) is -0.0981. The summed E-state index contributed by atoms with van der Waals surface area (Å²) >= 11 is 0. The number of halogens is 4. The molecule has 12 heteroatoms. The molecule has 7 nitrogen and oxygen atoms in total. The number of hydrogen-bond donors (Lipinski definition) is 0. The van der Waals surface area contributed by atoms with Gasteiger partial charge in [-0.1, -0.05) is 11.6 Å². The Hall–Kier alpha value is -3.20. The molecule has 0 unspecified atom stereocenters. The maximum atomic E-state index is 13.1. The van der Waals surface area contributed by atoms with Crippen LogP contribution < -0.4 is 0 Å². The fourth-order valence-electron chi connectivity index (χ4n) is 1.91. The van der Waals surface area contributed by atoms with Gasteiger partial charge in [0.2, 0.25) is 5.10 Å². The van der Waals surface area contributed by atoms with Crippen molar-refractivity contribution < 1.29 is 46.9 Å². The van der Waals surface area contributed by atoms with Crippen molar-refractivity contribution in [3.8, 4) is 11.4 Å². The van der Waals surface area contributed by atoms with Gasteiger partial charge in [0.15, 0.2) is 11.6 Å². The molecule has 0 fully saturated rings. The van der Waals surface area contributed by atoms with Crippen LogP contribution in [-0.2, 0) is 20.1 Å². The maximum absolute atomic E-state index is 13.1. The Bertz CT molecular complexity index is 1120. The van der Waals surface area contributed by atoms with Crippen LogP contribution in [0.4, 0.5) is 23.2 Å². The van der Waals surface area contributed by atoms with Gasteiger partial charge in [-0.05, 0) is 6.07 Å². The van der Waals surface area contributed by atoms with E-state index in [2.05, 4.69) is 43.2 Å². The first-order chi connectivity index (χ1) is 13.4. The average molecular weight is 580 g/mol. The fraction of sp³-hybridized carbons (Fsp3) is 0.0588. The van der Waals surface area contributed by atoms with Gasteiger partial charge >= 0.3 is 12.3 Å². The molecule has 1 aliphatic heterocycles. The molecule has 149 valence electrons. The van der Waals surface area contributed by atoms with Gasteiger partial charge < -0.3 is 4.98 Å². The van der Waals surface area contributed by atoms with Crippen LogP contribution in [0.15, 0.2) is 35.7 Å². The zero-order valence-corrected chi connectivity index (χ0v) is 16.8. The molecule has 0 amide bonds. The molecule has 0 bridgehead atoms. The summed E-state index contributed by atoms with van der Waals surface area (Å²) in [6, 6.07) is 10.9. The number of rotatable bonds is 2. The van der Waals surface area contributed by atoms with E-state index in [1.165, 1.54) is 23.3 Å². The Kier molecular flexibility index (Phi) is 7.49. The second-order valence-electron chi connectivity index (χ2n) is 5.08. The number of hydrazone groups is 1. The fourth-order valence-corrected chi connectivity index (χ4v) is 1.91. The molecular formula is C17H9F4IrN7. The molecule has 0 aromatic carbocycles. The smallest absolute Gasteiger partial charge is 0.319 e. The molecule has 4 heterocycles. The standard InChI is InChI=1S/C9H4F2N3.C8H5F2N4.Ir/c10-7-3-2-6(8(11)14-7)9-12-4-1-5-13-9;1-13-4-11-14(5-13)6-2-3-7(9)12-8(6)10;/h1,3-5H;3-4H,1H3;/q-1;+1;. The monoisotopic (exact) mass is 580 g/mol. The molecule has 0 saturated carbocycles. The summed E-state index contributed by atoms with van der Waals surface area (Å²) in [7, 11) is 1.68. The minimum atomic E-state index is -0.968. The van der Waals surface area contributed by atoms with Crippen molar-refractivity contribution in [2.45, 2.75) is 0 Å². The van der Waals surface area contributed by atoms with E-state index in [1.807, 2.05) is 0 Å². The van der Waals surface area contributed by atoms with Crippen LogP contribution in [0.25, 0.3) is 11.4 Å². The molecule has 0 atom stereocenters. The van der Waals surface area contributed by atoms with Gasteiger partial charge in [-0.15, -0.1) is 22.8 Å². The molecule has 4 rings (SSSR count). The first kappa shape index (κ1) is 22.1. The van der Waals surface area contributed by atoms with E-state index in [9.17, 15) is 17.6 Å². The summed E-state index contributed by atoms with van der Waals surface area (Å²) in [4.78, 5) is 13.6. The van der Waals surface area contributed by atoms with Crippen LogP contribution in [0.5, 0.6) is 0 Å². The summed E-state index contributed by atoms with van der Waals surface area (Å²) in [5, 5.41) is 3.77. The maximum Gasteiger partial charge on any atom is 0.420 e. The van der Waals surface area contributed by atoms with Crippen LogP contribution in [0.1, 0.15) is 0 Å². The second-order valence-corrected chi connectivity index (χ2v) is 5.08. The van der Waals surface area contributed by atoms with E-state index in [0.29, 0.717) is 0 Å². The summed E-state index contributed by atoms with van der Waals surface area (Å²) in [6.45, 7) is 0. The van der Waals surface area contributed by atoms with Crippen molar-refractivity contribution in [3.05, 3.63) is 66.5 Å². The molecule has 0 spiro atoms. The quantitative estimate of drug-likeness (QED) is 0.202. The van der Waals surface area contributed by atoms with E-state index in [4.69, 9.17) is 0 Å². The minimum absolute atomic E-state index is 0. The molecule has 0 saturated heterocycles. The Morgan fingerprint density at radius 1 is 0.931 bits per heavy atom. The number of pyridine rings is 2. The van der Waals surface area contributed by atoms with E-state index in [0.717, 1.165) is 16.8 Å². The van der Waals surface area contributed by atoms with Crippen LogP contribution >= 0.6 is 0 Å². The van der Waals surface area contributed by atoms with Crippen LogP contribution in [0.2, 0.25) is 0 Å². The van der Waals surface area contributed by atoms with Crippen molar-refractivity contribution in [2.75, 3.05) is 7.05 Å². The number of aromatic nitrogens is 4. The van der Waals surface area contributed by atoms with Crippen molar-refractivity contribution in [1.82, 2.24) is 19.9 Å². The van der Waals surface area contributed by atoms with Gasteiger partial charge in [0.05, 0.1) is 16.5 Å². The largest absolute Gasteiger partial charge is 0.420 e. The second kappa shape index (κ2) is 9.83. The van der Waals surface area contributed by atoms with Crippen LogP contribution in [-0.4, -0.2) is 48.6 Å². The molecular weight excluding hydrogens is 570 g/mol. The molecule has 3 aromatic heterocycles. The third kappa shape index (κ3) is 5.64.